The molecular formula is C15H21FN2. The predicted molar refractivity (Wildman–Crippen MR) is 72.5 cm³/mol. The highest BCUT2D eigenvalue weighted by Gasteiger charge is 2.27. The van der Waals surface area contributed by atoms with Crippen molar-refractivity contribution in [3.05, 3.63) is 29.6 Å². The molecule has 1 saturated carbocycles. The van der Waals surface area contributed by atoms with Crippen LogP contribution in [0.3, 0.4) is 0 Å². The molecule has 1 unspecified atom stereocenters. The number of hydrogen-bond acceptors (Lipinski definition) is 2. The second-order valence-electron chi connectivity index (χ2n) is 5.71. The molecule has 2 aliphatic rings. The summed E-state index contributed by atoms with van der Waals surface area (Å²) in [5.41, 5.74) is 2.04. The first-order valence-electron chi connectivity index (χ1n) is 6.99. The molecule has 18 heavy (non-hydrogen) atoms. The zero-order chi connectivity index (χ0) is 12.5. The van der Waals surface area contributed by atoms with E-state index in [0.29, 0.717) is 6.04 Å². The van der Waals surface area contributed by atoms with Gasteiger partial charge in [0.2, 0.25) is 0 Å². The van der Waals surface area contributed by atoms with Crippen LogP contribution in [0.15, 0.2) is 18.2 Å². The van der Waals surface area contributed by atoms with E-state index in [1.807, 2.05) is 6.92 Å². The lowest BCUT2D eigenvalue weighted by Gasteiger charge is -2.35. The van der Waals surface area contributed by atoms with Crippen LogP contribution >= 0.6 is 0 Å². The minimum Gasteiger partial charge on any atom is -0.370 e. The number of aryl methyl sites for hydroxylation is 1. The minimum absolute atomic E-state index is 0.123. The fourth-order valence-electron chi connectivity index (χ4n) is 2.83. The van der Waals surface area contributed by atoms with E-state index in [1.165, 1.54) is 25.7 Å². The van der Waals surface area contributed by atoms with Gasteiger partial charge in [0, 0.05) is 30.9 Å². The van der Waals surface area contributed by atoms with Crippen LogP contribution in [0.4, 0.5) is 10.1 Å². The van der Waals surface area contributed by atoms with E-state index >= 15 is 0 Å². The summed E-state index contributed by atoms with van der Waals surface area (Å²) in [6.45, 7) is 4.02. The Bertz CT molecular complexity index is 408. The van der Waals surface area contributed by atoms with Crippen molar-refractivity contribution in [2.24, 2.45) is 0 Å². The van der Waals surface area contributed by atoms with Crippen molar-refractivity contribution in [3.63, 3.8) is 0 Å². The molecule has 3 heteroatoms. The van der Waals surface area contributed by atoms with Crippen molar-refractivity contribution in [1.29, 1.82) is 0 Å². The third kappa shape index (κ3) is 2.83. The van der Waals surface area contributed by atoms with E-state index in [2.05, 4.69) is 16.3 Å². The monoisotopic (exact) mass is 248 g/mol. The summed E-state index contributed by atoms with van der Waals surface area (Å²) in [6, 6.07) is 6.67. The second kappa shape index (κ2) is 4.88. The SMILES string of the molecule is Cc1cc(F)cc(N2CCCC(NC3CC3)C2)c1. The molecule has 0 bridgehead atoms. The number of halogens is 1. The lowest BCUT2D eigenvalue weighted by atomic mass is 10.0. The molecule has 0 spiro atoms. The molecule has 3 rings (SSSR count). The van der Waals surface area contributed by atoms with Gasteiger partial charge in [0.25, 0.3) is 0 Å². The summed E-state index contributed by atoms with van der Waals surface area (Å²) in [5, 5.41) is 3.69. The van der Waals surface area contributed by atoms with Crippen molar-refractivity contribution in [1.82, 2.24) is 5.32 Å². The summed E-state index contributed by atoms with van der Waals surface area (Å²) in [6.07, 6.45) is 5.10. The Hall–Kier alpha value is -1.09. The Balaban J connectivity index is 1.70. The molecule has 1 aliphatic carbocycles. The molecule has 2 fully saturated rings. The molecule has 98 valence electrons. The van der Waals surface area contributed by atoms with Gasteiger partial charge < -0.3 is 10.2 Å². The average molecular weight is 248 g/mol. The molecular weight excluding hydrogens is 227 g/mol. The smallest absolute Gasteiger partial charge is 0.125 e. The maximum Gasteiger partial charge on any atom is 0.125 e. The largest absolute Gasteiger partial charge is 0.370 e. The first kappa shape index (κ1) is 12.0. The summed E-state index contributed by atoms with van der Waals surface area (Å²) in [7, 11) is 0. The van der Waals surface area contributed by atoms with E-state index < -0.39 is 0 Å². The highest BCUT2D eigenvalue weighted by Crippen LogP contribution is 2.25. The summed E-state index contributed by atoms with van der Waals surface area (Å²) >= 11 is 0. The molecule has 0 aromatic heterocycles. The summed E-state index contributed by atoms with van der Waals surface area (Å²) < 4.78 is 13.5. The number of hydrogen-bond donors (Lipinski definition) is 1. The minimum atomic E-state index is -0.123. The van der Waals surface area contributed by atoms with Gasteiger partial charge in [-0.2, -0.15) is 0 Å². The predicted octanol–water partition coefficient (Wildman–Crippen LogP) is 2.85. The van der Waals surface area contributed by atoms with Crippen LogP contribution in [0.1, 0.15) is 31.2 Å². The molecule has 0 amide bonds. The van der Waals surface area contributed by atoms with Crippen LogP contribution in [0.2, 0.25) is 0 Å². The molecule has 1 aromatic carbocycles. The fraction of sp³-hybridized carbons (Fsp3) is 0.600. The van der Waals surface area contributed by atoms with E-state index in [1.54, 1.807) is 12.1 Å². The van der Waals surface area contributed by atoms with Crippen LogP contribution in [-0.4, -0.2) is 25.2 Å². The summed E-state index contributed by atoms with van der Waals surface area (Å²) in [4.78, 5) is 2.32. The van der Waals surface area contributed by atoms with Crippen molar-refractivity contribution in [3.8, 4) is 0 Å². The summed E-state index contributed by atoms with van der Waals surface area (Å²) in [5.74, 6) is -0.123. The normalized spacial score (nSPS) is 24.3. The Kier molecular flexibility index (Phi) is 3.25. The Morgan fingerprint density at radius 2 is 2.00 bits per heavy atom. The number of benzene rings is 1. The molecule has 0 radical (unpaired) electrons. The van der Waals surface area contributed by atoms with Crippen molar-refractivity contribution in [2.75, 3.05) is 18.0 Å². The maximum atomic E-state index is 13.5. The third-order valence-corrected chi connectivity index (χ3v) is 3.86. The molecule has 1 saturated heterocycles. The molecule has 1 N–H and O–H groups in total. The number of rotatable bonds is 3. The van der Waals surface area contributed by atoms with Gasteiger partial charge in [0.15, 0.2) is 0 Å². The number of anilines is 1. The fourth-order valence-corrected chi connectivity index (χ4v) is 2.83. The van der Waals surface area contributed by atoms with Crippen molar-refractivity contribution < 1.29 is 4.39 Å². The molecule has 1 atom stereocenters. The van der Waals surface area contributed by atoms with E-state index in [-0.39, 0.29) is 5.82 Å². The first-order valence-corrected chi connectivity index (χ1v) is 6.99. The first-order chi connectivity index (χ1) is 8.70. The van der Waals surface area contributed by atoms with Crippen LogP contribution < -0.4 is 10.2 Å². The molecule has 1 aliphatic heterocycles. The van der Waals surface area contributed by atoms with E-state index in [0.717, 1.165) is 30.4 Å². The highest BCUT2D eigenvalue weighted by molar-refractivity contribution is 5.49. The topological polar surface area (TPSA) is 15.3 Å². The van der Waals surface area contributed by atoms with Gasteiger partial charge in [0.1, 0.15) is 5.82 Å². The zero-order valence-corrected chi connectivity index (χ0v) is 11.0. The average Bonchev–Trinajstić information content (AvgIpc) is 3.12. The quantitative estimate of drug-likeness (QED) is 0.885. The molecule has 1 aromatic rings. The van der Waals surface area contributed by atoms with Crippen LogP contribution in [0.25, 0.3) is 0 Å². The Morgan fingerprint density at radius 1 is 1.17 bits per heavy atom. The van der Waals surface area contributed by atoms with Gasteiger partial charge >= 0.3 is 0 Å². The molecule has 1 heterocycles. The van der Waals surface area contributed by atoms with Gasteiger partial charge in [0.05, 0.1) is 0 Å². The second-order valence-corrected chi connectivity index (χ2v) is 5.71. The van der Waals surface area contributed by atoms with Gasteiger partial charge in [-0.3, -0.25) is 0 Å². The van der Waals surface area contributed by atoms with E-state index in [4.69, 9.17) is 0 Å². The van der Waals surface area contributed by atoms with Gasteiger partial charge in [-0.15, -0.1) is 0 Å². The zero-order valence-electron chi connectivity index (χ0n) is 11.0. The van der Waals surface area contributed by atoms with Crippen LogP contribution in [-0.2, 0) is 0 Å². The number of nitrogens with zero attached hydrogens (tertiary/aromatic N) is 1. The van der Waals surface area contributed by atoms with Crippen LogP contribution in [0, 0.1) is 12.7 Å². The molecule has 2 nitrogen and oxygen atoms in total. The van der Waals surface area contributed by atoms with Gasteiger partial charge in [-0.25, -0.2) is 4.39 Å². The lowest BCUT2D eigenvalue weighted by molar-refractivity contribution is 0.420. The van der Waals surface area contributed by atoms with E-state index in [9.17, 15) is 4.39 Å². The highest BCUT2D eigenvalue weighted by atomic mass is 19.1. The Morgan fingerprint density at radius 3 is 2.72 bits per heavy atom. The van der Waals surface area contributed by atoms with Crippen molar-refractivity contribution >= 4 is 5.69 Å². The number of nitrogens with one attached hydrogen (secondary N) is 1. The standard InChI is InChI=1S/C15H21FN2/c1-11-7-12(16)9-15(8-11)18-6-2-3-14(10-18)17-13-4-5-13/h7-9,13-14,17H,2-6,10H2,1H3. The maximum absolute atomic E-state index is 13.5. The van der Waals surface area contributed by atoms with Gasteiger partial charge in [-0.05, 0) is 56.4 Å². The van der Waals surface area contributed by atoms with Crippen LogP contribution in [0.5, 0.6) is 0 Å². The van der Waals surface area contributed by atoms with Gasteiger partial charge in [-0.1, -0.05) is 0 Å². The number of piperidine rings is 1. The Labute approximate surface area is 108 Å². The lowest BCUT2D eigenvalue weighted by Crippen LogP contribution is -2.46. The third-order valence-electron chi connectivity index (χ3n) is 3.86. The van der Waals surface area contributed by atoms with Crippen molar-refractivity contribution in [2.45, 2.75) is 44.7 Å².